The van der Waals surface area contributed by atoms with Gasteiger partial charge in [0.25, 0.3) is 5.91 Å². The Balaban J connectivity index is 2.60. The highest BCUT2D eigenvalue weighted by atomic mass is 16.3. The van der Waals surface area contributed by atoms with Crippen molar-refractivity contribution in [2.45, 2.75) is 19.4 Å². The molecule has 1 aromatic heterocycles. The number of carbonyl (C=O) groups is 1. The predicted octanol–water partition coefficient (Wildman–Crippen LogP) is -0.0983. The van der Waals surface area contributed by atoms with Gasteiger partial charge in [0.2, 0.25) is 0 Å². The molecule has 16 heavy (non-hydrogen) atoms. The first-order valence-corrected chi connectivity index (χ1v) is 5.01. The minimum atomic E-state index is -0.423. The first-order chi connectivity index (χ1) is 7.50. The molecule has 3 N–H and O–H groups in total. The molecule has 1 amide bonds. The van der Waals surface area contributed by atoms with Gasteiger partial charge in [-0.25, -0.2) is 9.97 Å². The third-order valence-electron chi connectivity index (χ3n) is 2.12. The summed E-state index contributed by atoms with van der Waals surface area (Å²) >= 11 is 0. The number of nitrogens with two attached hydrogens (primary N) is 1. The molecule has 1 atom stereocenters. The van der Waals surface area contributed by atoms with E-state index in [4.69, 9.17) is 10.8 Å². The van der Waals surface area contributed by atoms with Gasteiger partial charge in [0.1, 0.15) is 11.5 Å². The van der Waals surface area contributed by atoms with Gasteiger partial charge < -0.3 is 15.7 Å². The Kier molecular flexibility index (Phi) is 4.19. The molecule has 1 rings (SSSR count). The highest BCUT2D eigenvalue weighted by Crippen LogP contribution is 2.02. The van der Waals surface area contributed by atoms with Crippen LogP contribution in [0.15, 0.2) is 12.4 Å². The van der Waals surface area contributed by atoms with Crippen LogP contribution in [0.2, 0.25) is 0 Å². The van der Waals surface area contributed by atoms with Crippen LogP contribution in [0.5, 0.6) is 0 Å². The maximum atomic E-state index is 11.8. The van der Waals surface area contributed by atoms with Crippen LogP contribution in [0.4, 0.5) is 5.82 Å². The van der Waals surface area contributed by atoms with Crippen LogP contribution >= 0.6 is 0 Å². The number of nitrogens with zero attached hydrogens (tertiary/aromatic N) is 3. The van der Waals surface area contributed by atoms with Crippen LogP contribution in [-0.4, -0.2) is 45.6 Å². The van der Waals surface area contributed by atoms with Gasteiger partial charge in [0.05, 0.1) is 18.5 Å². The number of aliphatic hydroxyl groups is 1. The van der Waals surface area contributed by atoms with E-state index in [2.05, 4.69) is 9.97 Å². The summed E-state index contributed by atoms with van der Waals surface area (Å²) in [6.07, 6.45) is 2.80. The summed E-state index contributed by atoms with van der Waals surface area (Å²) in [7, 11) is 1.66. The van der Waals surface area contributed by atoms with Gasteiger partial charge in [-0.05, 0) is 13.3 Å². The van der Waals surface area contributed by atoms with Gasteiger partial charge in [0.15, 0.2) is 0 Å². The second kappa shape index (κ2) is 5.41. The second-order valence-corrected chi connectivity index (χ2v) is 3.69. The van der Waals surface area contributed by atoms with Gasteiger partial charge >= 0.3 is 0 Å². The minimum Gasteiger partial charge on any atom is -0.393 e. The van der Waals surface area contributed by atoms with Crippen molar-refractivity contribution < 1.29 is 9.90 Å². The first kappa shape index (κ1) is 12.4. The molecule has 0 saturated carbocycles. The van der Waals surface area contributed by atoms with Crippen LogP contribution in [0, 0.1) is 0 Å². The molecule has 6 nitrogen and oxygen atoms in total. The summed E-state index contributed by atoms with van der Waals surface area (Å²) in [6, 6.07) is 0. The Morgan fingerprint density at radius 3 is 2.75 bits per heavy atom. The quantitative estimate of drug-likeness (QED) is 0.745. The lowest BCUT2D eigenvalue weighted by Crippen LogP contribution is -2.30. The van der Waals surface area contributed by atoms with Crippen LogP contribution in [0.25, 0.3) is 0 Å². The number of rotatable bonds is 4. The monoisotopic (exact) mass is 224 g/mol. The lowest BCUT2D eigenvalue weighted by molar-refractivity contribution is 0.0763. The van der Waals surface area contributed by atoms with E-state index in [1.54, 1.807) is 14.0 Å². The molecule has 0 aliphatic heterocycles. The predicted molar refractivity (Wildman–Crippen MR) is 59.7 cm³/mol. The summed E-state index contributed by atoms with van der Waals surface area (Å²) in [5, 5.41) is 9.11. The standard InChI is InChI=1S/C10H16N4O2/c1-7(15)3-4-14(2)10(16)8-5-13-9(11)6-12-8/h5-7,15H,3-4H2,1-2H3,(H2,11,13). The molecule has 1 aromatic rings. The Morgan fingerprint density at radius 2 is 2.25 bits per heavy atom. The maximum absolute atomic E-state index is 11.8. The number of hydrogen-bond donors (Lipinski definition) is 2. The van der Waals surface area contributed by atoms with Gasteiger partial charge in [-0.1, -0.05) is 0 Å². The molecular weight excluding hydrogens is 208 g/mol. The van der Waals surface area contributed by atoms with Crippen LogP contribution < -0.4 is 5.73 Å². The molecule has 6 heteroatoms. The van der Waals surface area contributed by atoms with Crippen LogP contribution in [0.1, 0.15) is 23.8 Å². The Hall–Kier alpha value is -1.69. The summed E-state index contributed by atoms with van der Waals surface area (Å²) in [6.45, 7) is 2.16. The zero-order valence-corrected chi connectivity index (χ0v) is 9.42. The van der Waals surface area contributed by atoms with Gasteiger partial charge in [-0.3, -0.25) is 4.79 Å². The smallest absolute Gasteiger partial charge is 0.273 e. The van der Waals surface area contributed by atoms with Crippen molar-refractivity contribution in [3.8, 4) is 0 Å². The molecule has 0 bridgehead atoms. The highest BCUT2D eigenvalue weighted by molar-refractivity contribution is 5.91. The summed E-state index contributed by atoms with van der Waals surface area (Å²) in [5.41, 5.74) is 5.62. The molecule has 1 unspecified atom stereocenters. The van der Waals surface area contributed by atoms with E-state index < -0.39 is 6.10 Å². The molecule has 0 fully saturated rings. The average molecular weight is 224 g/mol. The van der Waals surface area contributed by atoms with E-state index in [1.807, 2.05) is 0 Å². The molecule has 88 valence electrons. The van der Waals surface area contributed by atoms with Gasteiger partial charge in [0, 0.05) is 13.6 Å². The number of nitrogen functional groups attached to an aromatic ring is 1. The van der Waals surface area contributed by atoms with Crippen molar-refractivity contribution in [3.05, 3.63) is 18.1 Å². The minimum absolute atomic E-state index is 0.229. The lowest BCUT2D eigenvalue weighted by Gasteiger charge is -2.17. The molecule has 0 saturated heterocycles. The fourth-order valence-corrected chi connectivity index (χ4v) is 1.13. The lowest BCUT2D eigenvalue weighted by atomic mass is 10.2. The van der Waals surface area contributed by atoms with Gasteiger partial charge in [-0.2, -0.15) is 0 Å². The molecule has 0 aliphatic carbocycles. The number of anilines is 1. The number of aliphatic hydroxyl groups excluding tert-OH is 1. The number of amides is 1. The normalized spacial score (nSPS) is 12.2. The number of aromatic nitrogens is 2. The SMILES string of the molecule is CC(O)CCN(C)C(=O)c1cnc(N)cn1. The number of hydrogen-bond acceptors (Lipinski definition) is 5. The fourth-order valence-electron chi connectivity index (χ4n) is 1.13. The highest BCUT2D eigenvalue weighted by Gasteiger charge is 2.13. The van der Waals surface area contributed by atoms with E-state index in [1.165, 1.54) is 17.3 Å². The van der Waals surface area contributed by atoms with Gasteiger partial charge in [-0.15, -0.1) is 0 Å². The zero-order valence-electron chi connectivity index (χ0n) is 9.42. The van der Waals surface area contributed by atoms with Crippen molar-refractivity contribution in [1.29, 1.82) is 0 Å². The summed E-state index contributed by atoms with van der Waals surface area (Å²) in [4.78, 5) is 20.9. The van der Waals surface area contributed by atoms with Crippen molar-refractivity contribution in [3.63, 3.8) is 0 Å². The van der Waals surface area contributed by atoms with Crippen LogP contribution in [0.3, 0.4) is 0 Å². The van der Waals surface area contributed by atoms with Crippen molar-refractivity contribution in [1.82, 2.24) is 14.9 Å². The molecule has 0 radical (unpaired) electrons. The van der Waals surface area contributed by atoms with Crippen molar-refractivity contribution in [2.24, 2.45) is 0 Å². The third-order valence-corrected chi connectivity index (χ3v) is 2.12. The summed E-state index contributed by atoms with van der Waals surface area (Å²) in [5.74, 6) is 0.0522. The molecular formula is C10H16N4O2. The summed E-state index contributed by atoms with van der Waals surface area (Å²) < 4.78 is 0. The van der Waals surface area contributed by atoms with E-state index in [0.29, 0.717) is 13.0 Å². The molecule has 1 heterocycles. The van der Waals surface area contributed by atoms with Crippen LogP contribution in [-0.2, 0) is 0 Å². The second-order valence-electron chi connectivity index (χ2n) is 3.69. The fraction of sp³-hybridized carbons (Fsp3) is 0.500. The maximum Gasteiger partial charge on any atom is 0.273 e. The van der Waals surface area contributed by atoms with E-state index in [0.717, 1.165) is 0 Å². The van der Waals surface area contributed by atoms with E-state index in [9.17, 15) is 4.79 Å². The molecule has 0 spiro atoms. The van der Waals surface area contributed by atoms with E-state index >= 15 is 0 Å². The third kappa shape index (κ3) is 3.47. The number of carbonyl (C=O) groups excluding carboxylic acids is 1. The first-order valence-electron chi connectivity index (χ1n) is 5.01. The Labute approximate surface area is 94.1 Å². The molecule has 0 aliphatic rings. The topological polar surface area (TPSA) is 92.3 Å². The Morgan fingerprint density at radius 1 is 1.56 bits per heavy atom. The molecule has 0 aromatic carbocycles. The Bertz CT molecular complexity index is 350. The largest absolute Gasteiger partial charge is 0.393 e. The van der Waals surface area contributed by atoms with E-state index in [-0.39, 0.29) is 17.4 Å². The van der Waals surface area contributed by atoms with Crippen molar-refractivity contribution in [2.75, 3.05) is 19.3 Å². The van der Waals surface area contributed by atoms with Crippen molar-refractivity contribution >= 4 is 11.7 Å². The zero-order chi connectivity index (χ0) is 12.1. The average Bonchev–Trinajstić information content (AvgIpc) is 2.26.